The normalized spacial score (nSPS) is 22.4. The zero-order chi connectivity index (χ0) is 10.6. The molecular formula is C11H18O3. The Morgan fingerprint density at radius 3 is 2.64 bits per heavy atom. The van der Waals surface area contributed by atoms with Crippen LogP contribution in [0.5, 0.6) is 0 Å². The fourth-order valence-electron chi connectivity index (χ4n) is 1.34. The van der Waals surface area contributed by atoms with E-state index in [1.54, 1.807) is 13.0 Å². The molecule has 0 amide bonds. The minimum absolute atomic E-state index is 0.190. The van der Waals surface area contributed by atoms with Crippen molar-refractivity contribution in [2.75, 3.05) is 13.2 Å². The summed E-state index contributed by atoms with van der Waals surface area (Å²) in [6.45, 7) is 8.67. The van der Waals surface area contributed by atoms with Gasteiger partial charge in [0, 0.05) is 12.8 Å². The third-order valence-electron chi connectivity index (χ3n) is 2.62. The number of ether oxygens (including phenoxy) is 2. The molecule has 0 N–H and O–H groups in total. The second kappa shape index (κ2) is 4.60. The molecule has 0 radical (unpaired) electrons. The second-order valence-corrected chi connectivity index (χ2v) is 4.01. The smallest absolute Gasteiger partial charge is 0.313 e. The molecule has 3 nitrogen and oxygen atoms in total. The lowest BCUT2D eigenvalue weighted by atomic mass is 9.96. The summed E-state index contributed by atoms with van der Waals surface area (Å²) in [6.07, 6.45) is 3.16. The zero-order valence-corrected chi connectivity index (χ0v) is 8.91. The summed E-state index contributed by atoms with van der Waals surface area (Å²) < 4.78 is 10.7. The van der Waals surface area contributed by atoms with E-state index in [4.69, 9.17) is 9.47 Å². The standard InChI is InChI=1S/C11H18O3/c1-4-9(2)10(12)14-11(3)5-7-13-8-6-11/h4,9H,1,5-8H2,2-3H3. The van der Waals surface area contributed by atoms with Crippen LogP contribution in [0.2, 0.25) is 0 Å². The SMILES string of the molecule is C=CC(C)C(=O)OC1(C)CCOCC1. The van der Waals surface area contributed by atoms with Gasteiger partial charge in [0.2, 0.25) is 0 Å². The van der Waals surface area contributed by atoms with E-state index in [0.29, 0.717) is 13.2 Å². The van der Waals surface area contributed by atoms with E-state index in [1.165, 1.54) is 0 Å². The summed E-state index contributed by atoms with van der Waals surface area (Å²) >= 11 is 0. The molecule has 1 aliphatic heterocycles. The summed E-state index contributed by atoms with van der Waals surface area (Å²) in [4.78, 5) is 11.5. The average Bonchev–Trinajstić information content (AvgIpc) is 2.17. The minimum atomic E-state index is -0.341. The molecule has 1 saturated heterocycles. The summed E-state index contributed by atoms with van der Waals surface area (Å²) in [5.41, 5.74) is -0.341. The van der Waals surface area contributed by atoms with Gasteiger partial charge in [0.15, 0.2) is 0 Å². The van der Waals surface area contributed by atoms with Gasteiger partial charge >= 0.3 is 5.97 Å². The quantitative estimate of drug-likeness (QED) is 0.513. The third-order valence-corrected chi connectivity index (χ3v) is 2.62. The molecule has 80 valence electrons. The van der Waals surface area contributed by atoms with Gasteiger partial charge < -0.3 is 9.47 Å². The largest absolute Gasteiger partial charge is 0.459 e. The van der Waals surface area contributed by atoms with Crippen molar-refractivity contribution < 1.29 is 14.3 Å². The van der Waals surface area contributed by atoms with E-state index < -0.39 is 0 Å². The molecule has 0 aromatic carbocycles. The van der Waals surface area contributed by atoms with E-state index >= 15 is 0 Å². The van der Waals surface area contributed by atoms with E-state index in [9.17, 15) is 4.79 Å². The predicted octanol–water partition coefficient (Wildman–Crippen LogP) is 1.92. The number of carbonyl (C=O) groups excluding carboxylic acids is 1. The molecule has 0 aromatic heterocycles. The molecule has 14 heavy (non-hydrogen) atoms. The Hall–Kier alpha value is -0.830. The van der Waals surface area contributed by atoms with Crippen molar-refractivity contribution in [1.29, 1.82) is 0 Å². The van der Waals surface area contributed by atoms with Crippen molar-refractivity contribution in [3.8, 4) is 0 Å². The van der Waals surface area contributed by atoms with Gasteiger partial charge in [-0.3, -0.25) is 4.79 Å². The van der Waals surface area contributed by atoms with Crippen LogP contribution >= 0.6 is 0 Å². The van der Waals surface area contributed by atoms with Crippen molar-refractivity contribution in [1.82, 2.24) is 0 Å². The van der Waals surface area contributed by atoms with E-state index in [-0.39, 0.29) is 17.5 Å². The van der Waals surface area contributed by atoms with Gasteiger partial charge in [-0.2, -0.15) is 0 Å². The van der Waals surface area contributed by atoms with Crippen LogP contribution in [0.25, 0.3) is 0 Å². The first-order valence-corrected chi connectivity index (χ1v) is 5.00. The monoisotopic (exact) mass is 198 g/mol. The fourth-order valence-corrected chi connectivity index (χ4v) is 1.34. The summed E-state index contributed by atoms with van der Waals surface area (Å²) in [6, 6.07) is 0. The predicted molar refractivity (Wildman–Crippen MR) is 53.9 cm³/mol. The summed E-state index contributed by atoms with van der Waals surface area (Å²) in [7, 11) is 0. The van der Waals surface area contributed by atoms with Crippen LogP contribution in [-0.4, -0.2) is 24.8 Å². The molecule has 1 unspecified atom stereocenters. The lowest BCUT2D eigenvalue weighted by Crippen LogP contribution is -2.39. The Labute approximate surface area is 85.1 Å². The van der Waals surface area contributed by atoms with Crippen LogP contribution in [-0.2, 0) is 14.3 Å². The zero-order valence-electron chi connectivity index (χ0n) is 8.91. The Bertz CT molecular complexity index is 217. The number of rotatable bonds is 3. The van der Waals surface area contributed by atoms with Crippen LogP contribution in [0.1, 0.15) is 26.7 Å². The second-order valence-electron chi connectivity index (χ2n) is 4.01. The number of esters is 1. The first-order valence-electron chi connectivity index (χ1n) is 5.00. The van der Waals surface area contributed by atoms with Crippen LogP contribution < -0.4 is 0 Å². The molecule has 0 aliphatic carbocycles. The molecule has 1 fully saturated rings. The average molecular weight is 198 g/mol. The molecule has 1 atom stereocenters. The molecule has 0 aromatic rings. The lowest BCUT2D eigenvalue weighted by molar-refractivity contribution is -0.169. The Kier molecular flexibility index (Phi) is 3.69. The summed E-state index contributed by atoms with van der Waals surface area (Å²) in [5.74, 6) is -0.418. The summed E-state index contributed by atoms with van der Waals surface area (Å²) in [5, 5.41) is 0. The number of hydrogen-bond acceptors (Lipinski definition) is 3. The number of hydrogen-bond donors (Lipinski definition) is 0. The molecule has 0 bridgehead atoms. The van der Waals surface area contributed by atoms with Crippen LogP contribution in [0.15, 0.2) is 12.7 Å². The van der Waals surface area contributed by atoms with Crippen molar-refractivity contribution in [3.63, 3.8) is 0 Å². The highest BCUT2D eigenvalue weighted by Crippen LogP contribution is 2.25. The molecule has 1 aliphatic rings. The maximum atomic E-state index is 11.5. The van der Waals surface area contributed by atoms with E-state index in [1.807, 2.05) is 6.92 Å². The molecule has 3 heteroatoms. The number of carbonyl (C=O) groups is 1. The van der Waals surface area contributed by atoms with Crippen molar-refractivity contribution >= 4 is 5.97 Å². The molecule has 0 spiro atoms. The van der Waals surface area contributed by atoms with Gasteiger partial charge in [-0.1, -0.05) is 6.08 Å². The Morgan fingerprint density at radius 1 is 1.57 bits per heavy atom. The van der Waals surface area contributed by atoms with Gasteiger partial charge in [0.1, 0.15) is 5.60 Å². The van der Waals surface area contributed by atoms with Gasteiger partial charge in [-0.25, -0.2) is 0 Å². The van der Waals surface area contributed by atoms with Gasteiger partial charge in [0.05, 0.1) is 19.1 Å². The van der Waals surface area contributed by atoms with Crippen molar-refractivity contribution in [3.05, 3.63) is 12.7 Å². The van der Waals surface area contributed by atoms with Gasteiger partial charge in [0.25, 0.3) is 0 Å². The van der Waals surface area contributed by atoms with E-state index in [2.05, 4.69) is 6.58 Å². The molecule has 0 saturated carbocycles. The highest BCUT2D eigenvalue weighted by molar-refractivity contribution is 5.74. The van der Waals surface area contributed by atoms with E-state index in [0.717, 1.165) is 12.8 Å². The first kappa shape index (κ1) is 11.2. The Morgan fingerprint density at radius 2 is 2.14 bits per heavy atom. The minimum Gasteiger partial charge on any atom is -0.459 e. The Balaban J connectivity index is 2.48. The van der Waals surface area contributed by atoms with Gasteiger partial charge in [-0.15, -0.1) is 6.58 Å². The van der Waals surface area contributed by atoms with Crippen LogP contribution in [0.4, 0.5) is 0 Å². The fraction of sp³-hybridized carbons (Fsp3) is 0.727. The molecule has 1 heterocycles. The topological polar surface area (TPSA) is 35.5 Å². The highest BCUT2D eigenvalue weighted by Gasteiger charge is 2.32. The van der Waals surface area contributed by atoms with Crippen LogP contribution in [0.3, 0.4) is 0 Å². The maximum Gasteiger partial charge on any atom is 0.313 e. The highest BCUT2D eigenvalue weighted by atomic mass is 16.6. The van der Waals surface area contributed by atoms with Crippen LogP contribution in [0, 0.1) is 5.92 Å². The van der Waals surface area contributed by atoms with Crippen molar-refractivity contribution in [2.45, 2.75) is 32.3 Å². The molecular weight excluding hydrogens is 180 g/mol. The maximum absolute atomic E-state index is 11.5. The lowest BCUT2D eigenvalue weighted by Gasteiger charge is -2.33. The third kappa shape index (κ3) is 2.84. The molecule has 1 rings (SSSR count). The van der Waals surface area contributed by atoms with Crippen molar-refractivity contribution in [2.24, 2.45) is 5.92 Å². The first-order chi connectivity index (χ1) is 6.57. The van der Waals surface area contributed by atoms with Gasteiger partial charge in [-0.05, 0) is 13.8 Å².